The fraction of sp³-hybridized carbons (Fsp3) is 0.222. The molecule has 0 saturated heterocycles. The van der Waals surface area contributed by atoms with Crippen molar-refractivity contribution in [2.75, 3.05) is 19.5 Å². The smallest absolute Gasteiger partial charge is 0.437 e. The summed E-state index contributed by atoms with van der Waals surface area (Å²) in [7, 11) is 2.20. The van der Waals surface area contributed by atoms with Gasteiger partial charge in [-0.15, -0.1) is 0 Å². The van der Waals surface area contributed by atoms with E-state index in [1.807, 2.05) is 0 Å². The van der Waals surface area contributed by atoms with Crippen molar-refractivity contribution in [3.8, 4) is 22.6 Å². The molecule has 154 valence electrons. The molecule has 2 rings (SSSR count). The van der Waals surface area contributed by atoms with Gasteiger partial charge in [0.15, 0.2) is 11.5 Å². The Labute approximate surface area is 165 Å². The van der Waals surface area contributed by atoms with Crippen molar-refractivity contribution < 1.29 is 43.3 Å². The molecule has 0 aromatic heterocycles. The minimum absolute atomic E-state index is 0.0762. The number of fused-ring (bicyclic) bond motifs is 1. The number of carbonyl (C=O) groups excluding carboxylic acids is 4. The summed E-state index contributed by atoms with van der Waals surface area (Å²) in [6.45, 7) is 1.09. The Morgan fingerprint density at radius 3 is 1.86 bits per heavy atom. The van der Waals surface area contributed by atoms with Crippen LogP contribution in [0.15, 0.2) is 24.3 Å². The first-order valence-corrected chi connectivity index (χ1v) is 8.09. The Morgan fingerprint density at radius 2 is 1.48 bits per heavy atom. The predicted octanol–water partition coefficient (Wildman–Crippen LogP) is 2.39. The summed E-state index contributed by atoms with van der Waals surface area (Å²) in [6.07, 6.45) is -1.90. The second kappa shape index (κ2) is 9.37. The molecule has 0 aromatic rings. The summed E-state index contributed by atoms with van der Waals surface area (Å²) < 4.78 is 19.3. The summed E-state index contributed by atoms with van der Waals surface area (Å²) in [5.74, 6) is -0.768. The summed E-state index contributed by atoms with van der Waals surface area (Å²) in [5, 5.41) is 12.3. The fourth-order valence-corrected chi connectivity index (χ4v) is 2.47. The van der Waals surface area contributed by atoms with Gasteiger partial charge in [-0.05, 0) is 5.56 Å². The molecule has 0 saturated carbocycles. The van der Waals surface area contributed by atoms with Crippen molar-refractivity contribution in [2.24, 2.45) is 0 Å². The number of hydrogen-bond donors (Lipinski definition) is 2. The van der Waals surface area contributed by atoms with Gasteiger partial charge in [0, 0.05) is 18.1 Å². The minimum Gasteiger partial charge on any atom is -0.437 e. The molecule has 0 bridgehead atoms. The molecule has 0 heterocycles. The van der Waals surface area contributed by atoms with Crippen molar-refractivity contribution in [1.82, 2.24) is 5.06 Å². The largest absolute Gasteiger partial charge is 0.513 e. The van der Waals surface area contributed by atoms with Gasteiger partial charge in [-0.2, -0.15) is 0 Å². The number of nitrogens with one attached hydrogen (secondary N) is 1. The van der Waals surface area contributed by atoms with E-state index < -0.39 is 18.2 Å². The van der Waals surface area contributed by atoms with E-state index in [1.165, 1.54) is 19.1 Å². The number of hydrogen-bond acceptors (Lipinski definition) is 9. The molecule has 0 atom stereocenters. The molecule has 29 heavy (non-hydrogen) atoms. The van der Waals surface area contributed by atoms with Gasteiger partial charge in [0.1, 0.15) is 5.69 Å². The van der Waals surface area contributed by atoms with Crippen LogP contribution in [0.1, 0.15) is 12.5 Å². The number of anilines is 1. The monoisotopic (exact) mass is 406 g/mol. The van der Waals surface area contributed by atoms with Crippen molar-refractivity contribution in [1.29, 1.82) is 0 Å². The topological polar surface area (TPSA) is 141 Å². The van der Waals surface area contributed by atoms with Gasteiger partial charge in [-0.3, -0.25) is 14.8 Å². The summed E-state index contributed by atoms with van der Waals surface area (Å²) in [6, 6.07) is 6.07. The summed E-state index contributed by atoms with van der Waals surface area (Å²) >= 11 is 0. The van der Waals surface area contributed by atoms with Crippen molar-refractivity contribution in [3.63, 3.8) is 0 Å². The van der Waals surface area contributed by atoms with E-state index in [2.05, 4.69) is 14.8 Å². The third-order valence-electron chi connectivity index (χ3n) is 3.63. The number of nitrogens with zero attached hydrogens (tertiary/aromatic N) is 1. The van der Waals surface area contributed by atoms with Crippen LogP contribution in [0.4, 0.5) is 15.3 Å². The van der Waals surface area contributed by atoms with Crippen LogP contribution in [-0.2, 0) is 25.6 Å². The Balaban J connectivity index is 2.71. The molecular weight excluding hydrogens is 388 g/mol. The van der Waals surface area contributed by atoms with Crippen LogP contribution in [0.2, 0.25) is 0 Å². The van der Waals surface area contributed by atoms with E-state index in [9.17, 15) is 24.4 Å². The first kappa shape index (κ1) is 21.4. The predicted molar refractivity (Wildman–Crippen MR) is 96.8 cm³/mol. The van der Waals surface area contributed by atoms with Gasteiger partial charge in [0.25, 0.3) is 0 Å². The van der Waals surface area contributed by atoms with Crippen LogP contribution in [-0.4, -0.2) is 49.1 Å². The number of amides is 2. The highest BCUT2D eigenvalue weighted by molar-refractivity contribution is 6.02. The SMILES string of the molecule is COC(=O)Oc1c2ccc(CN(O)C=O)ccc-2c(OC(=O)OC)c1NC(C)=O. The minimum atomic E-state index is -1.07. The summed E-state index contributed by atoms with van der Waals surface area (Å²) in [5.41, 5.74) is 0.984. The lowest BCUT2D eigenvalue weighted by Gasteiger charge is -2.08. The average Bonchev–Trinajstić information content (AvgIpc) is 2.83. The van der Waals surface area contributed by atoms with Crippen LogP contribution in [0.3, 0.4) is 0 Å². The first-order valence-electron chi connectivity index (χ1n) is 8.09. The molecule has 11 heteroatoms. The number of methoxy groups -OCH3 is 2. The van der Waals surface area contributed by atoms with Gasteiger partial charge >= 0.3 is 12.3 Å². The molecule has 2 aliphatic rings. The number of ether oxygens (including phenoxy) is 4. The number of rotatable bonds is 6. The normalized spacial score (nSPS) is 10.1. The van der Waals surface area contributed by atoms with Crippen molar-refractivity contribution in [3.05, 3.63) is 29.8 Å². The van der Waals surface area contributed by atoms with E-state index in [0.29, 0.717) is 10.6 Å². The van der Waals surface area contributed by atoms with Crippen LogP contribution in [0.5, 0.6) is 11.5 Å². The lowest BCUT2D eigenvalue weighted by molar-refractivity contribution is -0.152. The second-order valence-electron chi connectivity index (χ2n) is 5.60. The number of carbonyl (C=O) groups is 4. The molecule has 0 spiro atoms. The van der Waals surface area contributed by atoms with E-state index in [4.69, 9.17) is 9.47 Å². The third kappa shape index (κ3) is 5.11. The lowest BCUT2D eigenvalue weighted by Crippen LogP contribution is -2.15. The maximum Gasteiger partial charge on any atom is 0.513 e. The van der Waals surface area contributed by atoms with Gasteiger partial charge in [0.2, 0.25) is 12.3 Å². The molecule has 0 unspecified atom stereocenters. The molecule has 2 amide bonds. The van der Waals surface area contributed by atoms with Crippen molar-refractivity contribution >= 4 is 30.3 Å². The zero-order valence-electron chi connectivity index (χ0n) is 15.8. The second-order valence-corrected chi connectivity index (χ2v) is 5.60. The zero-order chi connectivity index (χ0) is 21.6. The Kier molecular flexibility index (Phi) is 6.93. The first-order chi connectivity index (χ1) is 13.8. The maximum absolute atomic E-state index is 11.7. The molecule has 0 fully saturated rings. The molecule has 0 radical (unpaired) electrons. The van der Waals surface area contributed by atoms with E-state index in [0.717, 1.165) is 14.2 Å². The fourth-order valence-electron chi connectivity index (χ4n) is 2.47. The van der Waals surface area contributed by atoms with Crippen molar-refractivity contribution in [2.45, 2.75) is 13.5 Å². The van der Waals surface area contributed by atoms with Crippen LogP contribution >= 0.6 is 0 Å². The number of hydroxylamine groups is 2. The van der Waals surface area contributed by atoms with Gasteiger partial charge < -0.3 is 24.3 Å². The van der Waals surface area contributed by atoms with Gasteiger partial charge in [-0.1, -0.05) is 24.3 Å². The molecule has 2 N–H and O–H groups in total. The molecule has 2 aliphatic carbocycles. The van der Waals surface area contributed by atoms with Crippen LogP contribution in [0, 0.1) is 0 Å². The highest BCUT2D eigenvalue weighted by atomic mass is 16.7. The lowest BCUT2D eigenvalue weighted by atomic mass is 10.2. The van der Waals surface area contributed by atoms with E-state index in [-0.39, 0.29) is 41.3 Å². The summed E-state index contributed by atoms with van der Waals surface area (Å²) in [4.78, 5) is 45.7. The highest BCUT2D eigenvalue weighted by Crippen LogP contribution is 2.52. The molecule has 11 nitrogen and oxygen atoms in total. The zero-order valence-corrected chi connectivity index (χ0v) is 15.8. The van der Waals surface area contributed by atoms with Crippen LogP contribution < -0.4 is 14.8 Å². The van der Waals surface area contributed by atoms with Gasteiger partial charge in [0.05, 0.1) is 20.8 Å². The maximum atomic E-state index is 11.7. The molecular formula is C18H18N2O9. The quantitative estimate of drug-likeness (QED) is 0.320. The Morgan fingerprint density at radius 1 is 1.00 bits per heavy atom. The van der Waals surface area contributed by atoms with Crippen LogP contribution in [0.25, 0.3) is 11.1 Å². The highest BCUT2D eigenvalue weighted by Gasteiger charge is 2.30. The standard InChI is InChI=1S/C18H18N2O9/c1-10(22)19-14-15(28-17(23)26-2)12-6-4-11(8-20(25)9-21)5-7-13(12)16(14)29-18(24)27-3/h4-7,9,25H,8H2,1-3H3,(H,19,22). The van der Waals surface area contributed by atoms with E-state index >= 15 is 0 Å². The Hall–Kier alpha value is -3.86. The molecule has 0 aromatic carbocycles. The Bertz CT molecular complexity index is 857. The third-order valence-corrected chi connectivity index (χ3v) is 3.63. The average molecular weight is 406 g/mol. The van der Waals surface area contributed by atoms with E-state index in [1.54, 1.807) is 12.1 Å². The van der Waals surface area contributed by atoms with Gasteiger partial charge in [-0.25, -0.2) is 14.7 Å². The molecule has 0 aliphatic heterocycles.